The van der Waals surface area contributed by atoms with Crippen molar-refractivity contribution in [2.75, 3.05) is 37.6 Å². The van der Waals surface area contributed by atoms with Gasteiger partial charge in [0.1, 0.15) is 12.1 Å². The number of aryl methyl sites for hydroxylation is 3. The van der Waals surface area contributed by atoms with E-state index >= 15 is 0 Å². The average Bonchev–Trinajstić information content (AvgIpc) is 3.21. The smallest absolute Gasteiger partial charge is 0.254 e. The van der Waals surface area contributed by atoms with E-state index in [2.05, 4.69) is 25.3 Å². The van der Waals surface area contributed by atoms with Gasteiger partial charge in [0.25, 0.3) is 11.7 Å². The number of carbonyl (C=O) groups is 2. The SMILES string of the molecule is Cc1cc(N2CCN(C(=O)CNC(=O)c3ccc(C)c(C)c3)CC2)n2ncnc2n1. The monoisotopic (exact) mass is 407 g/mol. The molecule has 1 aromatic carbocycles. The van der Waals surface area contributed by atoms with Crippen LogP contribution in [0.15, 0.2) is 30.6 Å². The van der Waals surface area contributed by atoms with Crippen molar-refractivity contribution in [2.45, 2.75) is 20.8 Å². The average molecular weight is 407 g/mol. The Bertz CT molecular complexity index is 1100. The van der Waals surface area contributed by atoms with Gasteiger partial charge in [0, 0.05) is 43.5 Å². The summed E-state index contributed by atoms with van der Waals surface area (Å²) in [5.41, 5.74) is 3.63. The van der Waals surface area contributed by atoms with E-state index < -0.39 is 0 Å². The lowest BCUT2D eigenvalue weighted by Crippen LogP contribution is -2.51. The highest BCUT2D eigenvalue weighted by Gasteiger charge is 2.23. The standard InChI is InChI=1S/C21H25N7O2/c1-14-4-5-17(10-15(14)2)20(30)22-12-19(29)27-8-6-26(7-9-27)18-11-16(3)25-21-23-13-24-28(18)21/h4-5,10-11,13H,6-9,12H2,1-3H3,(H,22,30). The molecule has 4 rings (SSSR count). The van der Waals surface area contributed by atoms with E-state index in [1.165, 1.54) is 6.33 Å². The highest BCUT2D eigenvalue weighted by atomic mass is 16.2. The van der Waals surface area contributed by atoms with Crippen LogP contribution in [0.1, 0.15) is 27.2 Å². The summed E-state index contributed by atoms with van der Waals surface area (Å²) in [5.74, 6) is 1.18. The fourth-order valence-corrected chi connectivity index (χ4v) is 3.57. The number of nitrogens with zero attached hydrogens (tertiary/aromatic N) is 6. The molecule has 9 heteroatoms. The maximum absolute atomic E-state index is 12.6. The lowest BCUT2D eigenvalue weighted by Gasteiger charge is -2.36. The molecule has 2 aromatic heterocycles. The molecule has 1 saturated heterocycles. The molecule has 3 aromatic rings. The van der Waals surface area contributed by atoms with Crippen LogP contribution in [0.5, 0.6) is 0 Å². The number of piperazine rings is 1. The lowest BCUT2D eigenvalue weighted by molar-refractivity contribution is -0.130. The number of hydrogen-bond donors (Lipinski definition) is 1. The van der Waals surface area contributed by atoms with E-state index in [-0.39, 0.29) is 18.4 Å². The van der Waals surface area contributed by atoms with Crippen molar-refractivity contribution in [2.24, 2.45) is 0 Å². The van der Waals surface area contributed by atoms with Crippen molar-refractivity contribution in [3.8, 4) is 0 Å². The number of amides is 2. The van der Waals surface area contributed by atoms with Crippen molar-refractivity contribution in [1.29, 1.82) is 0 Å². The van der Waals surface area contributed by atoms with Gasteiger partial charge in [0.2, 0.25) is 5.91 Å². The van der Waals surface area contributed by atoms with Crippen LogP contribution in [0.2, 0.25) is 0 Å². The summed E-state index contributed by atoms with van der Waals surface area (Å²) in [6.45, 7) is 8.40. The summed E-state index contributed by atoms with van der Waals surface area (Å²) in [5, 5.41) is 6.99. The van der Waals surface area contributed by atoms with Gasteiger partial charge in [-0.1, -0.05) is 6.07 Å². The lowest BCUT2D eigenvalue weighted by atomic mass is 10.1. The Labute approximate surface area is 174 Å². The summed E-state index contributed by atoms with van der Waals surface area (Å²) in [6.07, 6.45) is 1.49. The maximum atomic E-state index is 12.6. The molecule has 0 spiro atoms. The van der Waals surface area contributed by atoms with Gasteiger partial charge >= 0.3 is 0 Å². The first-order chi connectivity index (χ1) is 14.4. The molecule has 1 fully saturated rings. The zero-order valence-electron chi connectivity index (χ0n) is 17.4. The van der Waals surface area contributed by atoms with Crippen molar-refractivity contribution in [1.82, 2.24) is 29.8 Å². The van der Waals surface area contributed by atoms with Crippen LogP contribution in [0.4, 0.5) is 5.82 Å². The molecular formula is C21H25N7O2. The summed E-state index contributed by atoms with van der Waals surface area (Å²) >= 11 is 0. The molecular weight excluding hydrogens is 382 g/mol. The zero-order valence-corrected chi connectivity index (χ0v) is 17.4. The Balaban J connectivity index is 1.33. The van der Waals surface area contributed by atoms with E-state index in [1.54, 1.807) is 15.5 Å². The third-order valence-corrected chi connectivity index (χ3v) is 5.49. The van der Waals surface area contributed by atoms with Gasteiger partial charge in [-0.3, -0.25) is 9.59 Å². The summed E-state index contributed by atoms with van der Waals surface area (Å²) < 4.78 is 1.72. The van der Waals surface area contributed by atoms with Gasteiger partial charge < -0.3 is 15.1 Å². The molecule has 3 heterocycles. The molecule has 1 aliphatic heterocycles. The number of hydrogen-bond acceptors (Lipinski definition) is 6. The molecule has 0 aliphatic carbocycles. The number of fused-ring (bicyclic) bond motifs is 1. The number of nitrogens with one attached hydrogen (secondary N) is 1. The normalized spacial score (nSPS) is 14.2. The highest BCUT2D eigenvalue weighted by molar-refractivity contribution is 5.96. The minimum absolute atomic E-state index is 0.00650. The van der Waals surface area contributed by atoms with E-state index in [9.17, 15) is 9.59 Å². The number of rotatable bonds is 4. The Hall–Kier alpha value is -3.49. The van der Waals surface area contributed by atoms with Crippen molar-refractivity contribution < 1.29 is 9.59 Å². The van der Waals surface area contributed by atoms with E-state index in [0.717, 1.165) is 22.6 Å². The van der Waals surface area contributed by atoms with Gasteiger partial charge in [-0.25, -0.2) is 4.98 Å². The Morgan fingerprint density at radius 2 is 1.80 bits per heavy atom. The molecule has 0 bridgehead atoms. The second-order valence-corrected chi connectivity index (χ2v) is 7.58. The van der Waals surface area contributed by atoms with Crippen molar-refractivity contribution in [3.05, 3.63) is 53.0 Å². The third kappa shape index (κ3) is 3.96. The quantitative estimate of drug-likeness (QED) is 0.697. The first-order valence-corrected chi connectivity index (χ1v) is 9.98. The number of aromatic nitrogens is 4. The van der Waals surface area contributed by atoms with Crippen LogP contribution >= 0.6 is 0 Å². The Kier molecular flexibility index (Phi) is 5.35. The van der Waals surface area contributed by atoms with Gasteiger partial charge in [-0.05, 0) is 44.0 Å². The highest BCUT2D eigenvalue weighted by Crippen LogP contribution is 2.18. The van der Waals surface area contributed by atoms with Gasteiger partial charge in [0.05, 0.1) is 6.54 Å². The summed E-state index contributed by atoms with van der Waals surface area (Å²) in [7, 11) is 0. The number of carbonyl (C=O) groups excluding carboxylic acids is 2. The first-order valence-electron chi connectivity index (χ1n) is 9.98. The molecule has 2 amide bonds. The molecule has 9 nitrogen and oxygen atoms in total. The maximum Gasteiger partial charge on any atom is 0.254 e. The van der Waals surface area contributed by atoms with Gasteiger partial charge in [-0.2, -0.15) is 14.6 Å². The third-order valence-electron chi connectivity index (χ3n) is 5.49. The molecule has 1 N–H and O–H groups in total. The summed E-state index contributed by atoms with van der Waals surface area (Å²) in [4.78, 5) is 37.4. The van der Waals surface area contributed by atoms with Crippen LogP contribution in [0.3, 0.4) is 0 Å². The number of benzene rings is 1. The molecule has 0 unspecified atom stereocenters. The first kappa shape index (κ1) is 19.8. The van der Waals surface area contributed by atoms with Crippen molar-refractivity contribution in [3.63, 3.8) is 0 Å². The van der Waals surface area contributed by atoms with Gasteiger partial charge in [-0.15, -0.1) is 0 Å². The summed E-state index contributed by atoms with van der Waals surface area (Å²) in [6, 6.07) is 7.51. The Morgan fingerprint density at radius 3 is 2.53 bits per heavy atom. The Morgan fingerprint density at radius 1 is 1.03 bits per heavy atom. The van der Waals surface area contributed by atoms with Crippen LogP contribution in [0.25, 0.3) is 5.78 Å². The molecule has 30 heavy (non-hydrogen) atoms. The fraction of sp³-hybridized carbons (Fsp3) is 0.381. The molecule has 1 aliphatic rings. The molecule has 0 saturated carbocycles. The minimum Gasteiger partial charge on any atom is -0.353 e. The minimum atomic E-state index is -0.231. The predicted octanol–water partition coefficient (Wildman–Crippen LogP) is 1.13. The van der Waals surface area contributed by atoms with Crippen LogP contribution < -0.4 is 10.2 Å². The zero-order chi connectivity index (χ0) is 21.3. The molecule has 156 valence electrons. The van der Waals surface area contributed by atoms with Gasteiger partial charge in [0.15, 0.2) is 0 Å². The second kappa shape index (κ2) is 8.10. The van der Waals surface area contributed by atoms with Crippen LogP contribution in [0, 0.1) is 20.8 Å². The van der Waals surface area contributed by atoms with E-state index in [1.807, 2.05) is 39.0 Å². The predicted molar refractivity (Wildman–Crippen MR) is 113 cm³/mol. The van der Waals surface area contributed by atoms with E-state index in [0.29, 0.717) is 37.5 Å². The fourth-order valence-electron chi connectivity index (χ4n) is 3.57. The molecule has 0 radical (unpaired) electrons. The molecule has 0 atom stereocenters. The topological polar surface area (TPSA) is 95.7 Å². The van der Waals surface area contributed by atoms with Crippen LogP contribution in [-0.2, 0) is 4.79 Å². The second-order valence-electron chi connectivity index (χ2n) is 7.58. The number of anilines is 1. The largest absolute Gasteiger partial charge is 0.353 e. The van der Waals surface area contributed by atoms with Crippen molar-refractivity contribution >= 4 is 23.4 Å². The van der Waals surface area contributed by atoms with Crippen LogP contribution in [-0.4, -0.2) is 69.0 Å². The van der Waals surface area contributed by atoms with E-state index in [4.69, 9.17) is 0 Å².